The van der Waals surface area contributed by atoms with Gasteiger partial charge >= 0.3 is 25.8 Å². The lowest BCUT2D eigenvalue weighted by atomic mass is 10.2. The molecule has 0 N–H and O–H groups in total. The van der Waals surface area contributed by atoms with E-state index in [9.17, 15) is 18.9 Å². The SMILES string of the molecule is COC(=O)C(N(C(=O)OCc1ccccc1)C(=O)OC(C)(C)C)P(=O)(Oc1ccccc1)Oc1ccccc1. The third kappa shape index (κ3) is 8.35. The maximum absolute atomic E-state index is 14.5. The molecule has 0 aliphatic carbocycles. The van der Waals surface area contributed by atoms with E-state index in [0.29, 0.717) is 5.56 Å². The summed E-state index contributed by atoms with van der Waals surface area (Å²) in [4.78, 5) is 40.3. The predicted molar refractivity (Wildman–Crippen MR) is 142 cm³/mol. The molecule has 10 nitrogen and oxygen atoms in total. The van der Waals surface area contributed by atoms with Gasteiger partial charge in [-0.1, -0.05) is 66.7 Å². The highest BCUT2D eigenvalue weighted by Gasteiger charge is 2.55. The minimum atomic E-state index is -4.82. The molecule has 0 heterocycles. The van der Waals surface area contributed by atoms with Crippen molar-refractivity contribution in [3.8, 4) is 11.5 Å². The molecule has 39 heavy (non-hydrogen) atoms. The summed E-state index contributed by atoms with van der Waals surface area (Å²) >= 11 is 0. The lowest BCUT2D eigenvalue weighted by Gasteiger charge is -2.33. The van der Waals surface area contributed by atoms with Crippen LogP contribution in [0.15, 0.2) is 91.0 Å². The van der Waals surface area contributed by atoms with Crippen molar-refractivity contribution in [1.29, 1.82) is 0 Å². The van der Waals surface area contributed by atoms with Crippen molar-refractivity contribution in [3.05, 3.63) is 96.6 Å². The molecule has 0 saturated heterocycles. The molecule has 206 valence electrons. The number of benzene rings is 3. The summed E-state index contributed by atoms with van der Waals surface area (Å²) < 4.78 is 41.6. The largest absolute Gasteiger partial charge is 0.467 e. The number of para-hydroxylation sites is 2. The zero-order valence-electron chi connectivity index (χ0n) is 22.0. The minimum Gasteiger partial charge on any atom is -0.467 e. The van der Waals surface area contributed by atoms with Crippen molar-refractivity contribution in [1.82, 2.24) is 4.90 Å². The van der Waals surface area contributed by atoms with Crippen LogP contribution in [0.25, 0.3) is 0 Å². The predicted octanol–water partition coefficient (Wildman–Crippen LogP) is 6.41. The summed E-state index contributed by atoms with van der Waals surface area (Å²) in [5.74, 6) is -3.39. The summed E-state index contributed by atoms with van der Waals surface area (Å²) in [5.41, 5.74) is -0.492. The van der Waals surface area contributed by atoms with E-state index in [-0.39, 0.29) is 23.0 Å². The van der Waals surface area contributed by atoms with Gasteiger partial charge in [0.25, 0.3) is 5.78 Å². The first kappa shape index (κ1) is 29.3. The second-order valence-corrected chi connectivity index (χ2v) is 11.1. The van der Waals surface area contributed by atoms with Crippen molar-refractivity contribution in [3.63, 3.8) is 0 Å². The summed E-state index contributed by atoms with van der Waals surface area (Å²) in [5, 5.41) is 0. The van der Waals surface area contributed by atoms with Crippen molar-refractivity contribution in [2.75, 3.05) is 7.11 Å². The third-order valence-corrected chi connectivity index (χ3v) is 6.87. The number of carbonyl (C=O) groups is 3. The Bertz CT molecular complexity index is 1250. The molecule has 0 fully saturated rings. The summed E-state index contributed by atoms with van der Waals surface area (Å²) in [7, 11) is -3.81. The van der Waals surface area contributed by atoms with Crippen LogP contribution in [0, 0.1) is 0 Å². The van der Waals surface area contributed by atoms with E-state index in [1.807, 2.05) is 0 Å². The molecule has 0 aliphatic heterocycles. The van der Waals surface area contributed by atoms with Gasteiger partial charge in [0, 0.05) is 0 Å². The van der Waals surface area contributed by atoms with Crippen LogP contribution >= 0.6 is 7.60 Å². The number of carbonyl (C=O) groups excluding carboxylic acids is 3. The first-order valence-electron chi connectivity index (χ1n) is 11.9. The molecule has 3 aromatic rings. The smallest absolute Gasteiger partial charge is 0.465 e. The Morgan fingerprint density at radius 2 is 1.23 bits per heavy atom. The van der Waals surface area contributed by atoms with Crippen LogP contribution < -0.4 is 9.05 Å². The van der Waals surface area contributed by atoms with E-state index in [2.05, 4.69) is 0 Å². The lowest BCUT2D eigenvalue weighted by molar-refractivity contribution is -0.143. The average Bonchev–Trinajstić information content (AvgIpc) is 2.90. The minimum absolute atomic E-state index is 0.0486. The average molecular weight is 556 g/mol. The second-order valence-electron chi connectivity index (χ2n) is 9.14. The van der Waals surface area contributed by atoms with Gasteiger partial charge in [0.1, 0.15) is 23.7 Å². The monoisotopic (exact) mass is 555 g/mol. The molecular weight excluding hydrogens is 525 g/mol. The number of ether oxygens (including phenoxy) is 3. The molecular formula is C28H30NO9P. The van der Waals surface area contributed by atoms with Crippen molar-refractivity contribution >= 4 is 25.8 Å². The third-order valence-electron chi connectivity index (χ3n) is 4.90. The highest BCUT2D eigenvalue weighted by molar-refractivity contribution is 7.56. The Kier molecular flexibility index (Phi) is 9.73. The van der Waals surface area contributed by atoms with Crippen LogP contribution in [0.2, 0.25) is 0 Å². The molecule has 0 aromatic heterocycles. The van der Waals surface area contributed by atoms with E-state index >= 15 is 0 Å². The molecule has 0 aliphatic rings. The van der Waals surface area contributed by atoms with Gasteiger partial charge in [-0.05, 0) is 50.6 Å². The summed E-state index contributed by atoms with van der Waals surface area (Å²) in [6.45, 7) is 4.43. The van der Waals surface area contributed by atoms with Crippen molar-refractivity contribution in [2.24, 2.45) is 0 Å². The molecule has 11 heteroatoms. The lowest BCUT2D eigenvalue weighted by Crippen LogP contribution is -2.52. The van der Waals surface area contributed by atoms with Crippen LogP contribution in [-0.4, -0.2) is 41.5 Å². The van der Waals surface area contributed by atoms with Gasteiger partial charge in [0.05, 0.1) is 7.11 Å². The fourth-order valence-electron chi connectivity index (χ4n) is 3.23. The first-order chi connectivity index (χ1) is 18.5. The van der Waals surface area contributed by atoms with Gasteiger partial charge in [0.15, 0.2) is 0 Å². The number of amides is 2. The molecule has 0 spiro atoms. The topological polar surface area (TPSA) is 118 Å². The van der Waals surface area contributed by atoms with Gasteiger partial charge in [-0.25, -0.2) is 18.9 Å². The highest BCUT2D eigenvalue weighted by Crippen LogP contribution is 2.54. The molecule has 0 saturated carbocycles. The zero-order valence-corrected chi connectivity index (χ0v) is 22.9. The van der Waals surface area contributed by atoms with Gasteiger partial charge in [0.2, 0.25) is 0 Å². The first-order valence-corrected chi connectivity index (χ1v) is 13.5. The van der Waals surface area contributed by atoms with Gasteiger partial charge < -0.3 is 23.3 Å². The summed E-state index contributed by atoms with van der Waals surface area (Å²) in [6, 6.07) is 24.4. The van der Waals surface area contributed by atoms with Gasteiger partial charge in [-0.2, -0.15) is 4.90 Å². The molecule has 1 unspecified atom stereocenters. The fraction of sp³-hybridized carbons (Fsp3) is 0.250. The van der Waals surface area contributed by atoms with Crippen LogP contribution in [0.3, 0.4) is 0 Å². The molecule has 3 aromatic carbocycles. The summed E-state index contributed by atoms with van der Waals surface area (Å²) in [6.07, 6.45) is -2.64. The fourth-order valence-corrected chi connectivity index (χ4v) is 5.13. The Balaban J connectivity index is 2.11. The van der Waals surface area contributed by atoms with Crippen molar-refractivity contribution < 1.29 is 42.2 Å². The van der Waals surface area contributed by atoms with E-state index in [0.717, 1.165) is 7.11 Å². The maximum Gasteiger partial charge on any atom is 0.465 e. The molecule has 2 amide bonds. The Labute approximate surface area is 226 Å². The number of rotatable bonds is 9. The van der Waals surface area contributed by atoms with Gasteiger partial charge in [-0.15, -0.1) is 0 Å². The Hall–Kier alpha value is -4.30. The van der Waals surface area contributed by atoms with E-state index in [4.69, 9.17) is 23.3 Å². The number of hydrogen-bond donors (Lipinski definition) is 0. The number of methoxy groups -OCH3 is 1. The maximum atomic E-state index is 14.5. The normalized spacial score (nSPS) is 12.0. The highest BCUT2D eigenvalue weighted by atomic mass is 31.2. The number of nitrogens with zero attached hydrogens (tertiary/aromatic N) is 1. The quantitative estimate of drug-likeness (QED) is 0.168. The van der Waals surface area contributed by atoms with Crippen LogP contribution in [0.4, 0.5) is 9.59 Å². The number of imide groups is 1. The van der Waals surface area contributed by atoms with Crippen LogP contribution in [0.5, 0.6) is 11.5 Å². The zero-order chi connectivity index (χ0) is 28.5. The molecule has 0 bridgehead atoms. The van der Waals surface area contributed by atoms with E-state index < -0.39 is 37.1 Å². The molecule has 0 radical (unpaired) electrons. The van der Waals surface area contributed by atoms with Gasteiger partial charge in [-0.3, -0.25) is 0 Å². The standard InChI is InChI=1S/C28H30NO9P/c1-28(2,3)36-27(32)29(26(31)35-20-21-14-8-5-9-15-21)24(25(30)34-4)39(33,37-22-16-10-6-11-17-22)38-23-18-12-7-13-19-23/h5-19,24H,20H2,1-4H3. The number of esters is 1. The van der Waals surface area contributed by atoms with Crippen LogP contribution in [0.1, 0.15) is 26.3 Å². The van der Waals surface area contributed by atoms with E-state index in [1.54, 1.807) is 87.5 Å². The molecule has 1 atom stereocenters. The number of hydrogen-bond acceptors (Lipinski definition) is 9. The van der Waals surface area contributed by atoms with Crippen LogP contribution in [-0.2, 0) is 30.2 Å². The Morgan fingerprint density at radius 3 is 1.67 bits per heavy atom. The van der Waals surface area contributed by atoms with Crippen molar-refractivity contribution in [2.45, 2.75) is 38.8 Å². The second kappa shape index (κ2) is 13.0. The Morgan fingerprint density at radius 1 is 0.769 bits per heavy atom. The molecule has 3 rings (SSSR count). The van der Waals surface area contributed by atoms with E-state index in [1.165, 1.54) is 24.3 Å².